The number of ether oxygens (including phenoxy) is 2. The molecule has 0 radical (unpaired) electrons. The number of carbonyl (C=O) groups is 3. The Bertz CT molecular complexity index is 1080. The van der Waals surface area contributed by atoms with Gasteiger partial charge in [0.1, 0.15) is 0 Å². The van der Waals surface area contributed by atoms with Gasteiger partial charge in [0.2, 0.25) is 0 Å². The largest absolute Gasteiger partial charge is 0.465 e. The first-order valence-electron chi connectivity index (χ1n) is 9.36. The molecule has 2 N–H and O–H groups in total. The number of methoxy groups -OCH3 is 2. The Morgan fingerprint density at radius 1 is 0.935 bits per heavy atom. The van der Waals surface area contributed by atoms with Gasteiger partial charge in [-0.15, -0.1) is 0 Å². The first-order chi connectivity index (χ1) is 14.6. The fourth-order valence-corrected chi connectivity index (χ4v) is 3.78. The third kappa shape index (κ3) is 5.82. The van der Waals surface area contributed by atoms with Crippen LogP contribution in [0, 0.1) is 6.92 Å². The van der Waals surface area contributed by atoms with Crippen LogP contribution in [0.15, 0.2) is 41.3 Å². The van der Waals surface area contributed by atoms with Crippen molar-refractivity contribution in [2.24, 2.45) is 0 Å². The molecule has 0 aliphatic carbocycles. The van der Waals surface area contributed by atoms with E-state index < -0.39 is 22.0 Å². The zero-order valence-corrected chi connectivity index (χ0v) is 18.5. The summed E-state index contributed by atoms with van der Waals surface area (Å²) in [4.78, 5) is 36.0. The van der Waals surface area contributed by atoms with Crippen molar-refractivity contribution in [2.75, 3.05) is 25.5 Å². The van der Waals surface area contributed by atoms with Gasteiger partial charge in [-0.05, 0) is 49.2 Å². The van der Waals surface area contributed by atoms with Crippen LogP contribution < -0.4 is 10.0 Å². The number of amides is 1. The molecule has 0 saturated carbocycles. The number of sulfonamides is 1. The van der Waals surface area contributed by atoms with Crippen molar-refractivity contribution < 1.29 is 32.3 Å². The van der Waals surface area contributed by atoms with E-state index in [1.165, 1.54) is 36.4 Å². The van der Waals surface area contributed by atoms with Gasteiger partial charge < -0.3 is 14.8 Å². The summed E-state index contributed by atoms with van der Waals surface area (Å²) in [7, 11) is -1.82. The predicted octanol–water partition coefficient (Wildman–Crippen LogP) is 2.51. The Morgan fingerprint density at radius 2 is 1.52 bits per heavy atom. The molecule has 0 aliphatic heterocycles. The number of hydrogen-bond donors (Lipinski definition) is 2. The molecule has 0 saturated heterocycles. The van der Waals surface area contributed by atoms with Gasteiger partial charge in [-0.25, -0.2) is 18.0 Å². The summed E-state index contributed by atoms with van der Waals surface area (Å²) in [5, 5.41) is 2.71. The van der Waals surface area contributed by atoms with Crippen LogP contribution in [0.1, 0.15) is 50.0 Å². The number of anilines is 1. The second kappa shape index (κ2) is 10.1. The average Bonchev–Trinajstić information content (AvgIpc) is 2.75. The molecule has 31 heavy (non-hydrogen) atoms. The summed E-state index contributed by atoms with van der Waals surface area (Å²) in [6.45, 7) is 4.07. The molecule has 0 fully saturated rings. The van der Waals surface area contributed by atoms with Crippen LogP contribution in [0.4, 0.5) is 5.69 Å². The maximum absolute atomic E-state index is 12.9. The highest BCUT2D eigenvalue weighted by atomic mass is 32.2. The van der Waals surface area contributed by atoms with Crippen molar-refractivity contribution >= 4 is 33.6 Å². The Kier molecular flexibility index (Phi) is 7.76. The average molecular weight is 448 g/mol. The van der Waals surface area contributed by atoms with Gasteiger partial charge in [0.15, 0.2) is 0 Å². The standard InChI is InChI=1S/C21H24N2O7S/c1-5-8-22-19(24)18-12-17(7-6-13(18)2)31(27,28)23-16-10-14(20(25)29-3)9-15(11-16)21(26)30-4/h6-7,9-12,23H,5,8H2,1-4H3,(H,22,24). The molecular formula is C21H24N2O7S. The maximum Gasteiger partial charge on any atom is 0.337 e. The van der Waals surface area contributed by atoms with Crippen LogP contribution in [0.3, 0.4) is 0 Å². The number of rotatable bonds is 8. The van der Waals surface area contributed by atoms with Crippen LogP contribution >= 0.6 is 0 Å². The molecule has 9 nitrogen and oxygen atoms in total. The Labute approximate surface area is 180 Å². The predicted molar refractivity (Wildman–Crippen MR) is 114 cm³/mol. The highest BCUT2D eigenvalue weighted by molar-refractivity contribution is 7.92. The lowest BCUT2D eigenvalue weighted by atomic mass is 10.1. The molecule has 0 unspecified atom stereocenters. The van der Waals surface area contributed by atoms with E-state index in [0.717, 1.165) is 20.6 Å². The van der Waals surface area contributed by atoms with Crippen LogP contribution in [0.5, 0.6) is 0 Å². The van der Waals surface area contributed by atoms with E-state index >= 15 is 0 Å². The number of esters is 2. The van der Waals surface area contributed by atoms with Crippen LogP contribution in [-0.2, 0) is 19.5 Å². The van der Waals surface area contributed by atoms with Crippen molar-refractivity contribution in [1.29, 1.82) is 0 Å². The number of benzene rings is 2. The molecule has 0 aliphatic rings. The minimum absolute atomic E-state index is 0.0355. The molecule has 0 aromatic heterocycles. The third-order valence-electron chi connectivity index (χ3n) is 4.33. The van der Waals surface area contributed by atoms with Crippen LogP contribution in [-0.4, -0.2) is 47.0 Å². The van der Waals surface area contributed by atoms with E-state index in [9.17, 15) is 22.8 Å². The Morgan fingerprint density at radius 3 is 2.03 bits per heavy atom. The second-order valence-electron chi connectivity index (χ2n) is 6.62. The quantitative estimate of drug-likeness (QED) is 0.594. The molecule has 166 valence electrons. The molecular weight excluding hydrogens is 424 g/mol. The number of carbonyl (C=O) groups excluding carboxylic acids is 3. The van der Waals surface area contributed by atoms with Crippen molar-refractivity contribution in [2.45, 2.75) is 25.2 Å². The molecule has 10 heteroatoms. The molecule has 2 aromatic rings. The van der Waals surface area contributed by atoms with Crippen molar-refractivity contribution in [3.05, 3.63) is 58.7 Å². The Hall–Kier alpha value is -3.40. The summed E-state index contributed by atoms with van der Waals surface area (Å²) in [5.74, 6) is -1.88. The zero-order valence-electron chi connectivity index (χ0n) is 17.6. The SMILES string of the molecule is CCCNC(=O)c1cc(S(=O)(=O)Nc2cc(C(=O)OC)cc(C(=O)OC)c2)ccc1C. The van der Waals surface area contributed by atoms with Gasteiger partial charge in [-0.3, -0.25) is 9.52 Å². The van der Waals surface area contributed by atoms with Crippen molar-refractivity contribution in [3.63, 3.8) is 0 Å². The van der Waals surface area contributed by atoms with Gasteiger partial charge in [-0.1, -0.05) is 13.0 Å². The lowest BCUT2D eigenvalue weighted by molar-refractivity contribution is 0.0599. The summed E-state index contributed by atoms with van der Waals surface area (Å²) in [6.07, 6.45) is 0.739. The van der Waals surface area contributed by atoms with Gasteiger partial charge in [0.25, 0.3) is 15.9 Å². The monoisotopic (exact) mass is 448 g/mol. The highest BCUT2D eigenvalue weighted by Gasteiger charge is 2.20. The Balaban J connectivity index is 2.45. The molecule has 0 bridgehead atoms. The van der Waals surface area contributed by atoms with Gasteiger partial charge in [0.05, 0.1) is 35.9 Å². The smallest absolute Gasteiger partial charge is 0.337 e. The minimum Gasteiger partial charge on any atom is -0.465 e. The second-order valence-corrected chi connectivity index (χ2v) is 8.30. The fourth-order valence-electron chi connectivity index (χ4n) is 2.72. The topological polar surface area (TPSA) is 128 Å². The number of nitrogens with one attached hydrogen (secondary N) is 2. The minimum atomic E-state index is -4.14. The van der Waals surface area contributed by atoms with Crippen LogP contribution in [0.2, 0.25) is 0 Å². The van der Waals surface area contributed by atoms with Crippen LogP contribution in [0.25, 0.3) is 0 Å². The number of aryl methyl sites for hydroxylation is 1. The first kappa shape index (κ1) is 23.9. The van der Waals surface area contributed by atoms with Gasteiger partial charge in [-0.2, -0.15) is 0 Å². The summed E-state index contributed by atoms with van der Waals surface area (Å²) >= 11 is 0. The highest BCUT2D eigenvalue weighted by Crippen LogP contribution is 2.22. The van der Waals surface area contributed by atoms with E-state index in [-0.39, 0.29) is 33.2 Å². The number of hydrogen-bond acceptors (Lipinski definition) is 7. The molecule has 1 amide bonds. The van der Waals surface area contributed by atoms with E-state index in [2.05, 4.69) is 19.5 Å². The maximum atomic E-state index is 12.9. The first-order valence-corrected chi connectivity index (χ1v) is 10.8. The van der Waals surface area contributed by atoms with Crippen molar-refractivity contribution in [1.82, 2.24) is 5.32 Å². The lowest BCUT2D eigenvalue weighted by Gasteiger charge is -2.13. The normalized spacial score (nSPS) is 10.8. The summed E-state index contributed by atoms with van der Waals surface area (Å²) in [5.41, 5.74) is 0.738. The van der Waals surface area contributed by atoms with E-state index in [4.69, 9.17) is 0 Å². The molecule has 0 atom stereocenters. The molecule has 2 rings (SSSR count). The third-order valence-corrected chi connectivity index (χ3v) is 5.71. The van der Waals surface area contributed by atoms with E-state index in [0.29, 0.717) is 12.1 Å². The molecule has 0 heterocycles. The van der Waals surface area contributed by atoms with Gasteiger partial charge in [0, 0.05) is 12.1 Å². The van der Waals surface area contributed by atoms with E-state index in [1.54, 1.807) is 6.92 Å². The van der Waals surface area contributed by atoms with Gasteiger partial charge >= 0.3 is 11.9 Å². The lowest BCUT2D eigenvalue weighted by Crippen LogP contribution is -2.25. The zero-order chi connectivity index (χ0) is 23.2. The fraction of sp³-hybridized carbons (Fsp3) is 0.286. The molecule has 0 spiro atoms. The summed E-state index contributed by atoms with van der Waals surface area (Å²) in [6, 6.07) is 7.86. The summed E-state index contributed by atoms with van der Waals surface area (Å²) < 4.78 is 37.5. The van der Waals surface area contributed by atoms with Crippen molar-refractivity contribution in [3.8, 4) is 0 Å². The molecule has 2 aromatic carbocycles. The van der Waals surface area contributed by atoms with E-state index in [1.807, 2.05) is 6.92 Å².